The Morgan fingerprint density at radius 3 is 2.30 bits per heavy atom. The Morgan fingerprint density at radius 2 is 1.59 bits per heavy atom. The fourth-order valence-corrected chi connectivity index (χ4v) is 4.15. The molecule has 0 spiro atoms. The van der Waals surface area contributed by atoms with Gasteiger partial charge in [0, 0.05) is 51.8 Å². The first-order valence-corrected chi connectivity index (χ1v) is 9.56. The molecule has 2 aliphatic heterocycles. The number of benzene rings is 2. The summed E-state index contributed by atoms with van der Waals surface area (Å²) < 4.78 is 0. The molecule has 2 aromatic rings. The van der Waals surface area contributed by atoms with Gasteiger partial charge in [0.05, 0.1) is 0 Å². The summed E-state index contributed by atoms with van der Waals surface area (Å²) in [7, 11) is 0. The van der Waals surface area contributed by atoms with Crippen LogP contribution in [0.3, 0.4) is 0 Å². The molecule has 0 aromatic heterocycles. The van der Waals surface area contributed by atoms with Crippen molar-refractivity contribution in [3.8, 4) is 0 Å². The van der Waals surface area contributed by atoms with Crippen LogP contribution in [0.15, 0.2) is 54.6 Å². The molecule has 2 aromatic carbocycles. The standard InChI is InChI=1S/C22H25N3O2/c1-17(26)25-20-10-6-5-9-19(20)15-21(25)22(27)24-13-11-23(12-14-24)16-18-7-3-2-4-8-18/h2-10,21H,11-16H2,1H3. The maximum atomic E-state index is 13.2. The molecule has 0 aliphatic carbocycles. The lowest BCUT2D eigenvalue weighted by atomic mass is 10.1. The first kappa shape index (κ1) is 17.7. The van der Waals surface area contributed by atoms with Crippen molar-refractivity contribution in [2.75, 3.05) is 31.1 Å². The van der Waals surface area contributed by atoms with Crippen LogP contribution < -0.4 is 4.90 Å². The van der Waals surface area contributed by atoms with Gasteiger partial charge in [0.1, 0.15) is 6.04 Å². The third-order valence-electron chi connectivity index (χ3n) is 5.53. The predicted molar refractivity (Wildman–Crippen MR) is 105 cm³/mol. The van der Waals surface area contributed by atoms with Gasteiger partial charge in [-0.15, -0.1) is 0 Å². The molecule has 1 unspecified atom stereocenters. The SMILES string of the molecule is CC(=O)N1c2ccccc2CC1C(=O)N1CCN(Cc2ccccc2)CC1. The van der Waals surface area contributed by atoms with Gasteiger partial charge < -0.3 is 4.90 Å². The van der Waals surface area contributed by atoms with Crippen LogP contribution in [0.4, 0.5) is 5.69 Å². The minimum atomic E-state index is -0.402. The zero-order valence-corrected chi connectivity index (χ0v) is 15.7. The minimum Gasteiger partial charge on any atom is -0.338 e. The van der Waals surface area contributed by atoms with Gasteiger partial charge in [-0.1, -0.05) is 48.5 Å². The highest BCUT2D eigenvalue weighted by Gasteiger charge is 2.39. The van der Waals surface area contributed by atoms with Crippen molar-refractivity contribution in [1.82, 2.24) is 9.80 Å². The van der Waals surface area contributed by atoms with Gasteiger partial charge in [-0.3, -0.25) is 19.4 Å². The largest absolute Gasteiger partial charge is 0.338 e. The van der Waals surface area contributed by atoms with Gasteiger partial charge in [-0.05, 0) is 17.2 Å². The Hall–Kier alpha value is -2.66. The second kappa shape index (κ2) is 7.53. The topological polar surface area (TPSA) is 43.9 Å². The lowest BCUT2D eigenvalue weighted by Crippen LogP contribution is -2.55. The summed E-state index contributed by atoms with van der Waals surface area (Å²) in [6.45, 7) is 5.60. The quantitative estimate of drug-likeness (QED) is 0.841. The molecule has 1 atom stereocenters. The average Bonchev–Trinajstić information content (AvgIpc) is 3.09. The van der Waals surface area contributed by atoms with Crippen LogP contribution in [-0.2, 0) is 22.6 Å². The van der Waals surface area contributed by atoms with Crippen LogP contribution in [0.5, 0.6) is 0 Å². The van der Waals surface area contributed by atoms with E-state index in [-0.39, 0.29) is 11.8 Å². The second-order valence-corrected chi connectivity index (χ2v) is 7.32. The van der Waals surface area contributed by atoms with Crippen LogP contribution in [-0.4, -0.2) is 53.8 Å². The molecule has 4 rings (SSSR count). The van der Waals surface area contributed by atoms with Crippen LogP contribution in [0.2, 0.25) is 0 Å². The van der Waals surface area contributed by atoms with Crippen molar-refractivity contribution in [1.29, 1.82) is 0 Å². The summed E-state index contributed by atoms with van der Waals surface area (Å²) in [6, 6.07) is 17.8. The Bertz CT molecular complexity index is 828. The van der Waals surface area contributed by atoms with Crippen molar-refractivity contribution in [2.24, 2.45) is 0 Å². The first-order valence-electron chi connectivity index (χ1n) is 9.56. The van der Waals surface area contributed by atoms with Gasteiger partial charge in [-0.2, -0.15) is 0 Å². The third kappa shape index (κ3) is 3.60. The summed E-state index contributed by atoms with van der Waals surface area (Å²) in [5.74, 6) is 0.00164. The lowest BCUT2D eigenvalue weighted by Gasteiger charge is -2.37. The van der Waals surface area contributed by atoms with E-state index < -0.39 is 6.04 Å². The van der Waals surface area contributed by atoms with Gasteiger partial charge in [0.25, 0.3) is 0 Å². The average molecular weight is 363 g/mol. The van der Waals surface area contributed by atoms with E-state index in [0.29, 0.717) is 19.5 Å². The van der Waals surface area contributed by atoms with E-state index in [2.05, 4.69) is 29.2 Å². The molecule has 5 heteroatoms. The highest BCUT2D eigenvalue weighted by atomic mass is 16.2. The molecule has 2 heterocycles. The third-order valence-corrected chi connectivity index (χ3v) is 5.53. The van der Waals surface area contributed by atoms with E-state index in [1.54, 1.807) is 11.8 Å². The monoisotopic (exact) mass is 363 g/mol. The summed E-state index contributed by atoms with van der Waals surface area (Å²) in [5, 5.41) is 0. The van der Waals surface area contributed by atoms with Gasteiger partial charge in [-0.25, -0.2) is 0 Å². The van der Waals surface area contributed by atoms with Gasteiger partial charge in [0.15, 0.2) is 0 Å². The maximum Gasteiger partial charge on any atom is 0.246 e. The molecular formula is C22H25N3O2. The molecule has 1 fully saturated rings. The number of para-hydroxylation sites is 1. The lowest BCUT2D eigenvalue weighted by molar-refractivity contribution is -0.135. The second-order valence-electron chi connectivity index (χ2n) is 7.32. The Kier molecular flexibility index (Phi) is 4.94. The molecule has 140 valence electrons. The van der Waals surface area contributed by atoms with Gasteiger partial charge in [0.2, 0.25) is 11.8 Å². The van der Waals surface area contributed by atoms with Crippen molar-refractivity contribution in [2.45, 2.75) is 25.9 Å². The number of carbonyl (C=O) groups is 2. The number of nitrogens with zero attached hydrogens (tertiary/aromatic N) is 3. The van der Waals surface area contributed by atoms with Gasteiger partial charge >= 0.3 is 0 Å². The van der Waals surface area contributed by atoms with E-state index in [0.717, 1.165) is 30.9 Å². The molecule has 2 aliphatic rings. The van der Waals surface area contributed by atoms with Crippen LogP contribution in [0.1, 0.15) is 18.1 Å². The number of amides is 2. The number of rotatable bonds is 3. The molecule has 1 saturated heterocycles. The highest BCUT2D eigenvalue weighted by Crippen LogP contribution is 2.33. The minimum absolute atomic E-state index is 0.0685. The number of hydrogen-bond donors (Lipinski definition) is 0. The predicted octanol–water partition coefficient (Wildman–Crippen LogP) is 2.31. The summed E-state index contributed by atoms with van der Waals surface area (Å²) in [4.78, 5) is 31.4. The molecule has 0 saturated carbocycles. The molecule has 2 amide bonds. The van der Waals surface area contributed by atoms with Crippen molar-refractivity contribution >= 4 is 17.5 Å². The maximum absolute atomic E-state index is 13.2. The highest BCUT2D eigenvalue weighted by molar-refractivity contribution is 6.02. The number of anilines is 1. The van der Waals surface area contributed by atoms with E-state index in [1.165, 1.54) is 5.56 Å². The summed E-state index contributed by atoms with van der Waals surface area (Å²) in [6.07, 6.45) is 0.610. The Morgan fingerprint density at radius 1 is 0.926 bits per heavy atom. The number of fused-ring (bicyclic) bond motifs is 1. The fourth-order valence-electron chi connectivity index (χ4n) is 4.15. The molecule has 0 radical (unpaired) electrons. The van der Waals surface area contributed by atoms with Crippen molar-refractivity contribution in [3.05, 3.63) is 65.7 Å². The Labute approximate surface area is 160 Å². The van der Waals surface area contributed by atoms with Crippen molar-refractivity contribution < 1.29 is 9.59 Å². The number of hydrogen-bond acceptors (Lipinski definition) is 3. The fraction of sp³-hybridized carbons (Fsp3) is 0.364. The zero-order chi connectivity index (χ0) is 18.8. The Balaban J connectivity index is 1.40. The first-order chi connectivity index (χ1) is 13.1. The van der Waals surface area contributed by atoms with Crippen molar-refractivity contribution in [3.63, 3.8) is 0 Å². The molecule has 27 heavy (non-hydrogen) atoms. The van der Waals surface area contributed by atoms with E-state index in [1.807, 2.05) is 35.2 Å². The summed E-state index contributed by atoms with van der Waals surface area (Å²) in [5.41, 5.74) is 3.26. The molecular weight excluding hydrogens is 338 g/mol. The van der Waals surface area contributed by atoms with E-state index in [4.69, 9.17) is 0 Å². The number of carbonyl (C=O) groups excluding carboxylic acids is 2. The molecule has 5 nitrogen and oxygen atoms in total. The van der Waals surface area contributed by atoms with Crippen LogP contribution in [0, 0.1) is 0 Å². The zero-order valence-electron chi connectivity index (χ0n) is 15.7. The van der Waals surface area contributed by atoms with Crippen LogP contribution >= 0.6 is 0 Å². The smallest absolute Gasteiger partial charge is 0.246 e. The molecule has 0 N–H and O–H groups in total. The summed E-state index contributed by atoms with van der Waals surface area (Å²) >= 11 is 0. The normalized spacial score (nSPS) is 19.8. The van der Waals surface area contributed by atoms with E-state index >= 15 is 0 Å². The van der Waals surface area contributed by atoms with E-state index in [9.17, 15) is 9.59 Å². The van der Waals surface area contributed by atoms with Crippen LogP contribution in [0.25, 0.3) is 0 Å². The molecule has 0 bridgehead atoms. The number of piperazine rings is 1.